The molecule has 0 atom stereocenters. The standard InChI is InChI=1S/C9H8F2O2/c10-7-3-8-5(1-2-13-8)9(11)6(7)4-12/h3,12H,1-2,4H2. The quantitative estimate of drug-likeness (QED) is 0.718. The van der Waals surface area contributed by atoms with Crippen molar-refractivity contribution < 1.29 is 18.6 Å². The van der Waals surface area contributed by atoms with Crippen LogP contribution in [-0.4, -0.2) is 11.7 Å². The second-order valence-electron chi connectivity index (χ2n) is 2.88. The van der Waals surface area contributed by atoms with E-state index in [0.29, 0.717) is 18.6 Å². The van der Waals surface area contributed by atoms with Gasteiger partial charge in [-0.3, -0.25) is 0 Å². The third kappa shape index (κ3) is 1.18. The smallest absolute Gasteiger partial charge is 0.138 e. The Hall–Kier alpha value is -1.16. The first-order valence-electron chi connectivity index (χ1n) is 3.97. The molecule has 0 radical (unpaired) electrons. The molecule has 13 heavy (non-hydrogen) atoms. The Labute approximate surface area is 73.8 Å². The number of halogens is 2. The Morgan fingerprint density at radius 2 is 2.23 bits per heavy atom. The van der Waals surface area contributed by atoms with E-state index in [1.807, 2.05) is 0 Å². The summed E-state index contributed by atoms with van der Waals surface area (Å²) >= 11 is 0. The molecule has 4 heteroatoms. The highest BCUT2D eigenvalue weighted by Gasteiger charge is 2.22. The van der Waals surface area contributed by atoms with Gasteiger partial charge in [0.25, 0.3) is 0 Å². The lowest BCUT2D eigenvalue weighted by atomic mass is 10.1. The molecule has 0 aromatic heterocycles. The van der Waals surface area contributed by atoms with Crippen molar-refractivity contribution in [1.82, 2.24) is 0 Å². The van der Waals surface area contributed by atoms with Gasteiger partial charge in [-0.2, -0.15) is 0 Å². The zero-order valence-corrected chi connectivity index (χ0v) is 6.81. The first kappa shape index (κ1) is 8.44. The summed E-state index contributed by atoms with van der Waals surface area (Å²) < 4.78 is 31.4. The Bertz CT molecular complexity index is 346. The SMILES string of the molecule is OCc1c(F)cc2c(c1F)CCO2. The molecule has 1 aromatic rings. The van der Waals surface area contributed by atoms with Crippen LogP contribution in [0.1, 0.15) is 11.1 Å². The summed E-state index contributed by atoms with van der Waals surface area (Å²) in [6.07, 6.45) is 0.439. The van der Waals surface area contributed by atoms with E-state index in [9.17, 15) is 8.78 Å². The number of aliphatic hydroxyl groups excluding tert-OH is 1. The van der Waals surface area contributed by atoms with Crippen LogP contribution in [0.4, 0.5) is 8.78 Å². The largest absolute Gasteiger partial charge is 0.493 e. The van der Waals surface area contributed by atoms with Crippen LogP contribution in [0.15, 0.2) is 6.07 Å². The van der Waals surface area contributed by atoms with Crippen LogP contribution < -0.4 is 4.74 Å². The predicted molar refractivity (Wildman–Crippen MR) is 41.5 cm³/mol. The summed E-state index contributed by atoms with van der Waals surface area (Å²) in [7, 11) is 0. The summed E-state index contributed by atoms with van der Waals surface area (Å²) in [6.45, 7) is -0.245. The topological polar surface area (TPSA) is 29.5 Å². The Morgan fingerprint density at radius 1 is 1.46 bits per heavy atom. The van der Waals surface area contributed by atoms with Crippen molar-refractivity contribution >= 4 is 0 Å². The zero-order valence-electron chi connectivity index (χ0n) is 6.81. The Morgan fingerprint density at radius 3 is 2.92 bits per heavy atom. The lowest BCUT2D eigenvalue weighted by Crippen LogP contribution is -1.98. The van der Waals surface area contributed by atoms with Crippen molar-refractivity contribution in [3.63, 3.8) is 0 Å². The molecule has 1 aliphatic heterocycles. The molecular weight excluding hydrogens is 178 g/mol. The minimum Gasteiger partial charge on any atom is -0.493 e. The fraction of sp³-hybridized carbons (Fsp3) is 0.333. The number of aliphatic hydroxyl groups is 1. The van der Waals surface area contributed by atoms with Crippen LogP contribution in [0.5, 0.6) is 5.75 Å². The molecule has 1 heterocycles. The molecule has 2 nitrogen and oxygen atoms in total. The van der Waals surface area contributed by atoms with E-state index in [1.54, 1.807) is 0 Å². The van der Waals surface area contributed by atoms with Gasteiger partial charge in [0.05, 0.1) is 13.2 Å². The van der Waals surface area contributed by atoms with Gasteiger partial charge in [0.1, 0.15) is 17.4 Å². The van der Waals surface area contributed by atoms with Crippen molar-refractivity contribution in [1.29, 1.82) is 0 Å². The van der Waals surface area contributed by atoms with Crippen LogP contribution in [0, 0.1) is 11.6 Å². The van der Waals surface area contributed by atoms with Gasteiger partial charge in [0, 0.05) is 23.6 Å². The molecular formula is C9H8F2O2. The molecule has 1 aromatic carbocycles. The highest BCUT2D eigenvalue weighted by atomic mass is 19.1. The van der Waals surface area contributed by atoms with E-state index in [4.69, 9.17) is 9.84 Å². The molecule has 0 amide bonds. The normalized spacial score (nSPS) is 14.1. The lowest BCUT2D eigenvalue weighted by Gasteiger charge is -2.05. The van der Waals surface area contributed by atoms with Crippen molar-refractivity contribution in [2.45, 2.75) is 13.0 Å². The van der Waals surface area contributed by atoms with Gasteiger partial charge < -0.3 is 9.84 Å². The maximum absolute atomic E-state index is 13.4. The van der Waals surface area contributed by atoms with Crippen molar-refractivity contribution in [3.05, 3.63) is 28.8 Å². The van der Waals surface area contributed by atoms with Gasteiger partial charge in [0.2, 0.25) is 0 Å². The highest BCUT2D eigenvalue weighted by molar-refractivity contribution is 5.42. The van der Waals surface area contributed by atoms with Gasteiger partial charge in [-0.25, -0.2) is 8.78 Å². The van der Waals surface area contributed by atoms with Crippen LogP contribution in [-0.2, 0) is 13.0 Å². The molecule has 2 rings (SSSR count). The number of rotatable bonds is 1. The molecule has 1 aliphatic rings. The van der Waals surface area contributed by atoms with E-state index >= 15 is 0 Å². The van der Waals surface area contributed by atoms with E-state index in [1.165, 1.54) is 0 Å². The van der Waals surface area contributed by atoms with Crippen molar-refractivity contribution in [2.75, 3.05) is 6.61 Å². The first-order chi connectivity index (χ1) is 6.24. The monoisotopic (exact) mass is 186 g/mol. The fourth-order valence-electron chi connectivity index (χ4n) is 1.45. The molecule has 0 unspecified atom stereocenters. The molecule has 0 bridgehead atoms. The second kappa shape index (κ2) is 2.96. The minimum absolute atomic E-state index is 0.257. The highest BCUT2D eigenvalue weighted by Crippen LogP contribution is 2.31. The van der Waals surface area contributed by atoms with E-state index in [2.05, 4.69) is 0 Å². The summed E-state index contributed by atoms with van der Waals surface area (Å²) in [5, 5.41) is 8.71. The Kier molecular flexibility index (Phi) is 1.92. The number of benzene rings is 1. The minimum atomic E-state index is -0.749. The number of hydrogen-bond donors (Lipinski definition) is 1. The molecule has 70 valence electrons. The summed E-state index contributed by atoms with van der Waals surface area (Å²) in [5.74, 6) is -1.16. The van der Waals surface area contributed by atoms with Gasteiger partial charge in [-0.05, 0) is 0 Å². The maximum atomic E-state index is 13.4. The van der Waals surface area contributed by atoms with Gasteiger partial charge >= 0.3 is 0 Å². The maximum Gasteiger partial charge on any atom is 0.138 e. The van der Waals surface area contributed by atoms with Crippen molar-refractivity contribution in [3.8, 4) is 5.75 Å². The van der Waals surface area contributed by atoms with Crippen LogP contribution in [0.3, 0.4) is 0 Å². The summed E-state index contributed by atoms with van der Waals surface area (Å²) in [6, 6.07) is 1.12. The van der Waals surface area contributed by atoms with Crippen LogP contribution in [0.25, 0.3) is 0 Å². The molecule has 0 spiro atoms. The third-order valence-corrected chi connectivity index (χ3v) is 2.14. The molecule has 0 aliphatic carbocycles. The average Bonchev–Trinajstić information content (AvgIpc) is 2.53. The van der Waals surface area contributed by atoms with Crippen molar-refractivity contribution in [2.24, 2.45) is 0 Å². The summed E-state index contributed by atoms with van der Waals surface area (Å²) in [4.78, 5) is 0. The number of ether oxygens (including phenoxy) is 1. The molecule has 0 saturated carbocycles. The lowest BCUT2D eigenvalue weighted by molar-refractivity contribution is 0.268. The number of hydrogen-bond acceptors (Lipinski definition) is 2. The fourth-order valence-corrected chi connectivity index (χ4v) is 1.45. The van der Waals surface area contributed by atoms with E-state index in [0.717, 1.165) is 6.07 Å². The molecule has 0 saturated heterocycles. The Balaban J connectivity index is 2.62. The van der Waals surface area contributed by atoms with Gasteiger partial charge in [-0.1, -0.05) is 0 Å². The van der Waals surface area contributed by atoms with E-state index < -0.39 is 18.2 Å². The number of fused-ring (bicyclic) bond motifs is 1. The predicted octanol–water partition coefficient (Wildman–Crippen LogP) is 1.39. The molecule has 0 fully saturated rings. The van der Waals surface area contributed by atoms with Crippen LogP contribution >= 0.6 is 0 Å². The summed E-state index contributed by atoms with van der Waals surface area (Å²) in [5.41, 5.74) is 0.0923. The van der Waals surface area contributed by atoms with E-state index in [-0.39, 0.29) is 11.3 Å². The second-order valence-corrected chi connectivity index (χ2v) is 2.88. The van der Waals surface area contributed by atoms with Gasteiger partial charge in [0.15, 0.2) is 0 Å². The van der Waals surface area contributed by atoms with Crippen LogP contribution in [0.2, 0.25) is 0 Å². The average molecular weight is 186 g/mol. The molecule has 1 N–H and O–H groups in total. The zero-order chi connectivity index (χ0) is 9.42. The first-order valence-corrected chi connectivity index (χ1v) is 3.97. The van der Waals surface area contributed by atoms with Gasteiger partial charge in [-0.15, -0.1) is 0 Å². The third-order valence-electron chi connectivity index (χ3n) is 2.14.